The summed E-state index contributed by atoms with van der Waals surface area (Å²) in [5.41, 5.74) is 0.0108. The molecule has 1 saturated heterocycles. The molecule has 1 aromatic heterocycles. The van der Waals surface area contributed by atoms with Gasteiger partial charge in [-0.1, -0.05) is 0 Å². The van der Waals surface area contributed by atoms with Gasteiger partial charge >= 0.3 is 0 Å². The van der Waals surface area contributed by atoms with Gasteiger partial charge in [-0.25, -0.2) is 18.2 Å². The second kappa shape index (κ2) is 6.45. The zero-order valence-corrected chi connectivity index (χ0v) is 13.4. The lowest BCUT2D eigenvalue weighted by Gasteiger charge is -2.40. The Morgan fingerprint density at radius 1 is 1.16 bits per heavy atom. The third-order valence-electron chi connectivity index (χ3n) is 3.91. The molecule has 0 amide bonds. The zero-order chi connectivity index (χ0) is 18.4. The van der Waals surface area contributed by atoms with E-state index in [4.69, 9.17) is 15.0 Å². The number of anilines is 1. The van der Waals surface area contributed by atoms with Crippen molar-refractivity contribution in [1.82, 2.24) is 10.3 Å². The number of primary sulfonamides is 1. The van der Waals surface area contributed by atoms with Gasteiger partial charge in [-0.2, -0.15) is 0 Å². The Hall–Kier alpha value is -1.87. The molecule has 12 nitrogen and oxygen atoms in total. The molecule has 2 heterocycles. The lowest BCUT2D eigenvalue weighted by Crippen LogP contribution is -2.61. The lowest BCUT2D eigenvalue weighted by molar-refractivity contribution is -0.245. The average molecular weight is 376 g/mol. The minimum atomic E-state index is -4.07. The molecular formula is C12H16N4O8S. The lowest BCUT2D eigenvalue weighted by atomic mass is 9.97. The maximum Gasteiger partial charge on any atom is 0.240 e. The highest BCUT2D eigenvalue weighted by atomic mass is 32.2. The third-order valence-corrected chi connectivity index (χ3v) is 4.85. The van der Waals surface area contributed by atoms with Crippen molar-refractivity contribution < 1.29 is 38.2 Å². The number of ether oxygens (including phenoxy) is 1. The Morgan fingerprint density at radius 3 is 2.48 bits per heavy atom. The van der Waals surface area contributed by atoms with Crippen LogP contribution < -0.4 is 10.5 Å². The number of nitrogens with two attached hydrogens (primary N) is 1. The number of nitrogens with zero attached hydrogens (tertiary/aromatic N) is 2. The van der Waals surface area contributed by atoms with Crippen molar-refractivity contribution in [1.29, 1.82) is 0 Å². The van der Waals surface area contributed by atoms with E-state index in [1.807, 2.05) is 0 Å². The number of benzene rings is 1. The number of aromatic nitrogens is 2. The smallest absolute Gasteiger partial charge is 0.240 e. The van der Waals surface area contributed by atoms with Gasteiger partial charge in [0.1, 0.15) is 29.2 Å². The van der Waals surface area contributed by atoms with Gasteiger partial charge in [0.2, 0.25) is 10.0 Å². The minimum Gasteiger partial charge on any atom is -0.394 e. The molecule has 1 fully saturated rings. The first-order valence-corrected chi connectivity index (χ1v) is 8.64. The molecule has 2 aromatic rings. The van der Waals surface area contributed by atoms with Crippen molar-refractivity contribution in [3.05, 3.63) is 12.1 Å². The number of fused-ring (bicyclic) bond motifs is 1. The van der Waals surface area contributed by atoms with Gasteiger partial charge < -0.3 is 30.5 Å². The van der Waals surface area contributed by atoms with Crippen LogP contribution in [0.2, 0.25) is 0 Å². The van der Waals surface area contributed by atoms with E-state index in [-0.39, 0.29) is 21.6 Å². The molecule has 0 radical (unpaired) electrons. The molecule has 5 atom stereocenters. The van der Waals surface area contributed by atoms with Gasteiger partial charge in [0.15, 0.2) is 17.3 Å². The quantitative estimate of drug-likeness (QED) is 0.319. The second-order valence-electron chi connectivity index (χ2n) is 5.52. The monoisotopic (exact) mass is 376 g/mol. The normalized spacial score (nSPS) is 30.5. The molecule has 1 aliphatic rings. The molecule has 1 aromatic carbocycles. The fraction of sp³-hybridized carbons (Fsp3) is 0.500. The first-order valence-electron chi connectivity index (χ1n) is 7.09. The van der Waals surface area contributed by atoms with Crippen molar-refractivity contribution in [2.45, 2.75) is 35.5 Å². The summed E-state index contributed by atoms with van der Waals surface area (Å²) in [7, 11) is -4.07. The molecule has 25 heavy (non-hydrogen) atoms. The second-order valence-corrected chi connectivity index (χ2v) is 7.05. The van der Waals surface area contributed by atoms with Gasteiger partial charge in [0.05, 0.1) is 12.3 Å². The van der Waals surface area contributed by atoms with Gasteiger partial charge in [-0.3, -0.25) is 0 Å². The Balaban J connectivity index is 1.95. The van der Waals surface area contributed by atoms with Crippen molar-refractivity contribution in [2.24, 2.45) is 5.14 Å². The van der Waals surface area contributed by atoms with Gasteiger partial charge in [0, 0.05) is 0 Å². The number of hydrogen-bond donors (Lipinski definition) is 6. The van der Waals surface area contributed by atoms with Crippen LogP contribution in [0.4, 0.5) is 5.69 Å². The summed E-state index contributed by atoms with van der Waals surface area (Å²) in [5.74, 6) is 0. The van der Waals surface area contributed by atoms with Crippen LogP contribution in [0.3, 0.4) is 0 Å². The standard InChI is InChI=1S/C12H16N4O8S/c13-25(21,22)6-2-1-4(7-8(6)16-24-15-7)14-9-11(19)10(18)5(3-17)23-12(9)20/h1-2,5,9-12,14,17-20H,3H2,(H2,13,21,22)/t5?,9-,10-,11?,12?/m0/s1. The van der Waals surface area contributed by atoms with Crippen molar-refractivity contribution >= 4 is 26.7 Å². The molecule has 138 valence electrons. The van der Waals surface area contributed by atoms with Gasteiger partial charge in [-0.05, 0) is 22.4 Å². The first-order chi connectivity index (χ1) is 11.7. The maximum absolute atomic E-state index is 11.6. The van der Waals surface area contributed by atoms with E-state index in [2.05, 4.69) is 20.3 Å². The summed E-state index contributed by atoms with van der Waals surface area (Å²) in [6.45, 7) is -0.595. The Kier molecular flexibility index (Phi) is 4.63. The van der Waals surface area contributed by atoms with Crippen molar-refractivity contribution in [2.75, 3.05) is 11.9 Å². The molecule has 3 unspecified atom stereocenters. The molecule has 3 rings (SSSR count). The number of rotatable bonds is 4. The predicted octanol–water partition coefficient (Wildman–Crippen LogP) is -2.92. The summed E-state index contributed by atoms with van der Waals surface area (Å²) in [4.78, 5) is -0.310. The minimum absolute atomic E-state index is 0.00954. The van der Waals surface area contributed by atoms with E-state index in [0.29, 0.717) is 0 Å². The number of sulfonamides is 1. The van der Waals surface area contributed by atoms with E-state index in [0.717, 1.165) is 6.07 Å². The van der Waals surface area contributed by atoms with E-state index in [9.17, 15) is 23.7 Å². The van der Waals surface area contributed by atoms with Crippen molar-refractivity contribution in [3.8, 4) is 0 Å². The number of aliphatic hydroxyl groups excluding tert-OH is 4. The van der Waals surface area contributed by atoms with Crippen LogP contribution in [0, 0.1) is 0 Å². The fourth-order valence-corrected chi connectivity index (χ4v) is 3.28. The van der Waals surface area contributed by atoms with Gasteiger partial charge in [0.25, 0.3) is 0 Å². The molecular weight excluding hydrogens is 360 g/mol. The maximum atomic E-state index is 11.6. The Labute approximate surface area is 140 Å². The summed E-state index contributed by atoms with van der Waals surface area (Å²) in [6.07, 6.45) is -5.67. The van der Waals surface area contributed by atoms with E-state index >= 15 is 0 Å². The third kappa shape index (κ3) is 3.18. The van der Waals surface area contributed by atoms with Crippen LogP contribution in [0.5, 0.6) is 0 Å². The number of nitrogens with one attached hydrogen (secondary N) is 1. The summed E-state index contributed by atoms with van der Waals surface area (Å²) in [6, 6.07) is 1.24. The van der Waals surface area contributed by atoms with E-state index in [1.165, 1.54) is 6.07 Å². The van der Waals surface area contributed by atoms with E-state index < -0.39 is 47.3 Å². The van der Waals surface area contributed by atoms with Crippen LogP contribution >= 0.6 is 0 Å². The molecule has 0 bridgehead atoms. The summed E-state index contributed by atoms with van der Waals surface area (Å²) >= 11 is 0. The van der Waals surface area contributed by atoms with Crippen LogP contribution in [0.15, 0.2) is 21.7 Å². The summed E-state index contributed by atoms with van der Waals surface area (Å²) < 4.78 is 32.7. The summed E-state index contributed by atoms with van der Waals surface area (Å²) in [5, 5.41) is 54.0. The predicted molar refractivity (Wildman–Crippen MR) is 80.6 cm³/mol. The fourth-order valence-electron chi connectivity index (χ4n) is 2.62. The van der Waals surface area contributed by atoms with Crippen LogP contribution in [-0.2, 0) is 14.8 Å². The Bertz CT molecular complexity index is 871. The number of aliphatic hydroxyl groups is 4. The van der Waals surface area contributed by atoms with Crippen LogP contribution in [0.25, 0.3) is 11.0 Å². The molecule has 1 aliphatic heterocycles. The van der Waals surface area contributed by atoms with Crippen LogP contribution in [0.1, 0.15) is 0 Å². The molecule has 7 N–H and O–H groups in total. The SMILES string of the molecule is NS(=O)(=O)c1ccc(N[C@@H]2C(O)OC(CO)[C@H](O)C2O)c2nonc12. The highest BCUT2D eigenvalue weighted by Crippen LogP contribution is 2.29. The topological polar surface area (TPSA) is 201 Å². The molecule has 0 aliphatic carbocycles. The first kappa shape index (κ1) is 17.9. The Morgan fingerprint density at radius 2 is 1.84 bits per heavy atom. The molecule has 13 heteroatoms. The van der Waals surface area contributed by atoms with Gasteiger partial charge in [-0.15, -0.1) is 0 Å². The largest absolute Gasteiger partial charge is 0.394 e. The highest BCUT2D eigenvalue weighted by Gasteiger charge is 2.43. The molecule has 0 spiro atoms. The van der Waals surface area contributed by atoms with E-state index in [1.54, 1.807) is 0 Å². The number of hydrogen-bond acceptors (Lipinski definition) is 11. The van der Waals surface area contributed by atoms with Crippen LogP contribution in [-0.4, -0.2) is 76.4 Å². The highest BCUT2D eigenvalue weighted by molar-refractivity contribution is 7.89. The van der Waals surface area contributed by atoms with Crippen molar-refractivity contribution in [3.63, 3.8) is 0 Å². The zero-order valence-electron chi connectivity index (χ0n) is 12.6. The molecule has 0 saturated carbocycles. The average Bonchev–Trinajstić information content (AvgIpc) is 3.03.